The molecule has 0 spiro atoms. The summed E-state index contributed by atoms with van der Waals surface area (Å²) in [7, 11) is 1.57. The van der Waals surface area contributed by atoms with E-state index in [2.05, 4.69) is 5.32 Å². The second-order valence-corrected chi connectivity index (χ2v) is 6.14. The minimum Gasteiger partial charge on any atom is -0.497 e. The van der Waals surface area contributed by atoms with Gasteiger partial charge in [0, 0.05) is 25.6 Å². The quantitative estimate of drug-likeness (QED) is 0.892. The lowest BCUT2D eigenvalue weighted by Crippen LogP contribution is -2.28. The molecule has 0 bridgehead atoms. The molecule has 1 aliphatic heterocycles. The van der Waals surface area contributed by atoms with Crippen molar-refractivity contribution >= 4 is 17.5 Å². The Hall–Kier alpha value is -2.96. The largest absolute Gasteiger partial charge is 0.497 e. The molecule has 0 radical (unpaired) electrons. The maximum Gasteiger partial charge on any atom is 0.229 e. The summed E-state index contributed by atoms with van der Waals surface area (Å²) in [6.07, 6.45) is 0.0406. The summed E-state index contributed by atoms with van der Waals surface area (Å²) in [6.45, 7) is 0.606. The molecule has 3 rings (SSSR count). The van der Waals surface area contributed by atoms with Gasteiger partial charge >= 0.3 is 0 Å². The number of hydrogen-bond acceptors (Lipinski definition) is 3. The molecule has 1 unspecified atom stereocenters. The zero-order valence-corrected chi connectivity index (χ0v) is 14.2. The van der Waals surface area contributed by atoms with E-state index in [1.165, 1.54) is 0 Å². The standard InChI is InChI=1S/C19H18F2N2O3/c1-26-15-5-2-12(3-6-15)10-23-11-13(8-18(23)24)19(25)22-17-9-14(20)4-7-16(17)21/h2-7,9,13H,8,10-11H2,1H3,(H,22,25). The van der Waals surface area contributed by atoms with Gasteiger partial charge in [0.2, 0.25) is 11.8 Å². The van der Waals surface area contributed by atoms with Gasteiger partial charge < -0.3 is 15.0 Å². The van der Waals surface area contributed by atoms with Crippen LogP contribution in [-0.4, -0.2) is 30.4 Å². The molecule has 1 heterocycles. The molecule has 7 heteroatoms. The first-order valence-electron chi connectivity index (χ1n) is 8.13. The normalized spacial score (nSPS) is 16.7. The van der Waals surface area contributed by atoms with E-state index in [4.69, 9.17) is 4.74 Å². The van der Waals surface area contributed by atoms with Crippen LogP contribution in [0, 0.1) is 17.6 Å². The van der Waals surface area contributed by atoms with E-state index in [1.54, 1.807) is 24.1 Å². The van der Waals surface area contributed by atoms with Gasteiger partial charge in [-0.15, -0.1) is 0 Å². The van der Waals surface area contributed by atoms with Crippen LogP contribution in [0.1, 0.15) is 12.0 Å². The van der Waals surface area contributed by atoms with Crippen LogP contribution in [0.25, 0.3) is 0 Å². The van der Waals surface area contributed by atoms with Gasteiger partial charge in [-0.25, -0.2) is 8.78 Å². The number of likely N-dealkylation sites (tertiary alicyclic amines) is 1. The Labute approximate surface area is 149 Å². The molecule has 5 nitrogen and oxygen atoms in total. The molecule has 0 saturated carbocycles. The molecule has 1 atom stereocenters. The molecule has 0 aromatic heterocycles. The SMILES string of the molecule is COc1ccc(CN2CC(C(=O)Nc3cc(F)ccc3F)CC2=O)cc1. The minimum atomic E-state index is -0.723. The summed E-state index contributed by atoms with van der Waals surface area (Å²) in [5.41, 5.74) is 0.687. The van der Waals surface area contributed by atoms with Crippen molar-refractivity contribution in [3.05, 3.63) is 59.7 Å². The number of rotatable bonds is 5. The predicted octanol–water partition coefficient (Wildman–Crippen LogP) is 2.96. The van der Waals surface area contributed by atoms with Gasteiger partial charge in [-0.2, -0.15) is 0 Å². The van der Waals surface area contributed by atoms with E-state index in [0.29, 0.717) is 6.54 Å². The zero-order chi connectivity index (χ0) is 18.7. The number of halogens is 2. The number of benzene rings is 2. The Morgan fingerprint density at radius 3 is 2.65 bits per heavy atom. The monoisotopic (exact) mass is 360 g/mol. The van der Waals surface area contributed by atoms with Crippen molar-refractivity contribution in [2.24, 2.45) is 5.92 Å². The Balaban J connectivity index is 1.63. The number of carbonyl (C=O) groups is 2. The highest BCUT2D eigenvalue weighted by Crippen LogP contribution is 2.24. The number of methoxy groups -OCH3 is 1. The lowest BCUT2D eigenvalue weighted by Gasteiger charge is -2.17. The zero-order valence-electron chi connectivity index (χ0n) is 14.2. The molecule has 1 N–H and O–H groups in total. The summed E-state index contributed by atoms with van der Waals surface area (Å²) in [6, 6.07) is 10.1. The molecule has 2 amide bonds. The number of ether oxygens (including phenoxy) is 1. The number of carbonyl (C=O) groups excluding carboxylic acids is 2. The molecule has 1 saturated heterocycles. The minimum absolute atomic E-state index is 0.0406. The molecule has 136 valence electrons. The van der Waals surface area contributed by atoms with Crippen LogP contribution in [0.2, 0.25) is 0 Å². The third-order valence-corrected chi connectivity index (χ3v) is 4.30. The van der Waals surface area contributed by atoms with Gasteiger partial charge in [0.05, 0.1) is 18.7 Å². The van der Waals surface area contributed by atoms with Crippen molar-refractivity contribution in [2.75, 3.05) is 19.0 Å². The van der Waals surface area contributed by atoms with Gasteiger partial charge in [0.1, 0.15) is 17.4 Å². The van der Waals surface area contributed by atoms with E-state index in [-0.39, 0.29) is 24.6 Å². The Morgan fingerprint density at radius 2 is 1.96 bits per heavy atom. The third kappa shape index (κ3) is 3.99. The van der Waals surface area contributed by atoms with Crippen molar-refractivity contribution in [1.82, 2.24) is 4.90 Å². The molecule has 2 aromatic rings. The third-order valence-electron chi connectivity index (χ3n) is 4.30. The van der Waals surface area contributed by atoms with Crippen molar-refractivity contribution in [1.29, 1.82) is 0 Å². The topological polar surface area (TPSA) is 58.6 Å². The molecule has 0 aliphatic carbocycles. The van der Waals surface area contributed by atoms with E-state index in [9.17, 15) is 18.4 Å². The summed E-state index contributed by atoms with van der Waals surface area (Å²) >= 11 is 0. The molecule has 1 aliphatic rings. The highest BCUT2D eigenvalue weighted by Gasteiger charge is 2.34. The first-order chi connectivity index (χ1) is 12.5. The second-order valence-electron chi connectivity index (χ2n) is 6.14. The Morgan fingerprint density at radius 1 is 1.23 bits per heavy atom. The Kier molecular flexibility index (Phi) is 5.16. The van der Waals surface area contributed by atoms with Crippen molar-refractivity contribution < 1.29 is 23.1 Å². The van der Waals surface area contributed by atoms with Gasteiger partial charge in [-0.05, 0) is 29.8 Å². The van der Waals surface area contributed by atoms with Gasteiger partial charge in [-0.3, -0.25) is 9.59 Å². The van der Waals surface area contributed by atoms with Crippen LogP contribution in [-0.2, 0) is 16.1 Å². The number of nitrogens with zero attached hydrogens (tertiary/aromatic N) is 1. The lowest BCUT2D eigenvalue weighted by molar-refractivity contribution is -0.128. The van der Waals surface area contributed by atoms with E-state index < -0.39 is 23.5 Å². The van der Waals surface area contributed by atoms with E-state index >= 15 is 0 Å². The molecule has 26 heavy (non-hydrogen) atoms. The predicted molar refractivity (Wildman–Crippen MR) is 91.5 cm³/mol. The lowest BCUT2D eigenvalue weighted by atomic mass is 10.1. The summed E-state index contributed by atoms with van der Waals surface area (Å²) in [5.74, 6) is -1.91. The highest BCUT2D eigenvalue weighted by atomic mass is 19.1. The number of anilines is 1. The van der Waals surface area contributed by atoms with Crippen LogP contribution >= 0.6 is 0 Å². The molecule has 1 fully saturated rings. The van der Waals surface area contributed by atoms with Crippen molar-refractivity contribution in [3.63, 3.8) is 0 Å². The molecular formula is C19H18F2N2O3. The summed E-state index contributed by atoms with van der Waals surface area (Å²) < 4.78 is 31.9. The van der Waals surface area contributed by atoms with Gasteiger partial charge in [-0.1, -0.05) is 12.1 Å². The average molecular weight is 360 g/mol. The summed E-state index contributed by atoms with van der Waals surface area (Å²) in [5, 5.41) is 2.36. The van der Waals surface area contributed by atoms with E-state index in [1.807, 2.05) is 12.1 Å². The van der Waals surface area contributed by atoms with E-state index in [0.717, 1.165) is 29.5 Å². The number of amides is 2. The maximum atomic E-state index is 13.7. The van der Waals surface area contributed by atoms with Crippen molar-refractivity contribution in [2.45, 2.75) is 13.0 Å². The first kappa shape index (κ1) is 17.8. The maximum absolute atomic E-state index is 13.7. The van der Waals surface area contributed by atoms with Crippen LogP contribution in [0.4, 0.5) is 14.5 Å². The smallest absolute Gasteiger partial charge is 0.229 e. The van der Waals surface area contributed by atoms with Crippen LogP contribution in [0.15, 0.2) is 42.5 Å². The molecule has 2 aromatic carbocycles. The fraction of sp³-hybridized carbons (Fsp3) is 0.263. The number of nitrogens with one attached hydrogen (secondary N) is 1. The van der Waals surface area contributed by atoms with Gasteiger partial charge in [0.25, 0.3) is 0 Å². The highest BCUT2D eigenvalue weighted by molar-refractivity contribution is 5.97. The Bertz CT molecular complexity index is 824. The summed E-state index contributed by atoms with van der Waals surface area (Å²) in [4.78, 5) is 26.1. The van der Waals surface area contributed by atoms with Gasteiger partial charge in [0.15, 0.2) is 0 Å². The fourth-order valence-electron chi connectivity index (χ4n) is 2.88. The van der Waals surface area contributed by atoms with Crippen LogP contribution in [0.3, 0.4) is 0 Å². The van der Waals surface area contributed by atoms with Crippen LogP contribution in [0.5, 0.6) is 5.75 Å². The average Bonchev–Trinajstić information content (AvgIpc) is 2.99. The first-order valence-corrected chi connectivity index (χ1v) is 8.13. The second kappa shape index (κ2) is 7.51. The van der Waals surface area contributed by atoms with Crippen molar-refractivity contribution in [3.8, 4) is 5.75 Å². The number of hydrogen-bond donors (Lipinski definition) is 1. The molecular weight excluding hydrogens is 342 g/mol. The fourth-order valence-corrected chi connectivity index (χ4v) is 2.88. The van der Waals surface area contributed by atoms with Crippen LogP contribution < -0.4 is 10.1 Å².